The molecule has 7 atom stereocenters. The van der Waals surface area contributed by atoms with Gasteiger partial charge in [-0.25, -0.2) is 0 Å². The third-order valence-electron chi connectivity index (χ3n) is 7.00. The summed E-state index contributed by atoms with van der Waals surface area (Å²) >= 11 is 11.6. The second kappa shape index (κ2) is 9.40. The summed E-state index contributed by atoms with van der Waals surface area (Å²) in [7, 11) is 1.57. The zero-order valence-electron chi connectivity index (χ0n) is 18.8. The highest BCUT2D eigenvalue weighted by Gasteiger charge is 2.76. The Bertz CT molecular complexity index is 965. The molecule has 1 spiro atoms. The van der Waals surface area contributed by atoms with Crippen molar-refractivity contribution in [3.63, 3.8) is 0 Å². The minimum atomic E-state index is -0.827. The molecule has 180 valence electrons. The highest BCUT2D eigenvalue weighted by Crippen LogP contribution is 2.68. The third-order valence-corrected chi connectivity index (χ3v) is 10.6. The average molecular weight is 559 g/mol. The number of rotatable bonds is 7. The van der Waals surface area contributed by atoms with Crippen LogP contribution < -0.4 is 10.6 Å². The molecule has 0 saturated carbocycles. The molecule has 3 heterocycles. The molecule has 3 fully saturated rings. The number of carbonyl (C=O) groups excluding carboxylic acids is 3. The van der Waals surface area contributed by atoms with E-state index in [1.807, 2.05) is 13.8 Å². The van der Waals surface area contributed by atoms with Gasteiger partial charge in [0.25, 0.3) is 0 Å². The zero-order valence-corrected chi connectivity index (χ0v) is 21.9. The van der Waals surface area contributed by atoms with E-state index in [9.17, 15) is 19.5 Å². The fraction of sp³-hybridized carbons (Fsp3) is 0.609. The highest BCUT2D eigenvalue weighted by molar-refractivity contribution is 9.09. The predicted molar refractivity (Wildman–Crippen MR) is 134 cm³/mol. The molecule has 0 aromatic heterocycles. The molecule has 1 aromatic rings. The number of hydrogen-bond donors (Lipinski definition) is 3. The molecule has 10 heteroatoms. The number of anilines is 1. The van der Waals surface area contributed by atoms with Crippen LogP contribution in [0.25, 0.3) is 0 Å². The average Bonchev–Trinajstić information content (AvgIpc) is 3.36. The van der Waals surface area contributed by atoms with E-state index < -0.39 is 28.7 Å². The van der Waals surface area contributed by atoms with Crippen LogP contribution in [0.15, 0.2) is 24.3 Å². The smallest absolute Gasteiger partial charge is 0.248 e. The van der Waals surface area contributed by atoms with Gasteiger partial charge < -0.3 is 20.6 Å². The van der Waals surface area contributed by atoms with Crippen molar-refractivity contribution in [2.24, 2.45) is 17.8 Å². The van der Waals surface area contributed by atoms with Gasteiger partial charge in [-0.3, -0.25) is 14.4 Å². The van der Waals surface area contributed by atoms with Crippen LogP contribution in [0.5, 0.6) is 0 Å². The van der Waals surface area contributed by atoms with Gasteiger partial charge in [-0.2, -0.15) is 0 Å². The van der Waals surface area contributed by atoms with Crippen LogP contribution in [0.3, 0.4) is 0 Å². The fourth-order valence-electron chi connectivity index (χ4n) is 5.81. The normalized spacial score (nSPS) is 33.4. The summed E-state index contributed by atoms with van der Waals surface area (Å²) in [4.78, 5) is 42.2. The number of aliphatic hydroxyl groups is 1. The lowest BCUT2D eigenvalue weighted by molar-refractivity contribution is -0.142. The lowest BCUT2D eigenvalue weighted by Crippen LogP contribution is -2.55. The molecule has 0 aliphatic carbocycles. The van der Waals surface area contributed by atoms with E-state index in [2.05, 4.69) is 26.6 Å². The van der Waals surface area contributed by atoms with Crippen molar-refractivity contribution in [2.45, 2.75) is 53.6 Å². The van der Waals surface area contributed by atoms with Crippen molar-refractivity contribution >= 4 is 62.7 Å². The van der Waals surface area contributed by atoms with Crippen molar-refractivity contribution in [1.29, 1.82) is 0 Å². The minimum absolute atomic E-state index is 0.00193. The summed E-state index contributed by atoms with van der Waals surface area (Å²) in [5.74, 6) is -1.70. The Hall–Kier alpha value is -1.29. The van der Waals surface area contributed by atoms with Crippen LogP contribution in [-0.2, 0) is 14.4 Å². The summed E-state index contributed by atoms with van der Waals surface area (Å²) in [5, 5.41) is 16.2. The van der Waals surface area contributed by atoms with Crippen molar-refractivity contribution in [3.8, 4) is 0 Å². The Morgan fingerprint density at radius 1 is 1.33 bits per heavy atom. The van der Waals surface area contributed by atoms with Gasteiger partial charge in [-0.15, -0.1) is 11.8 Å². The van der Waals surface area contributed by atoms with E-state index >= 15 is 0 Å². The number of likely N-dealkylation sites (tertiary alicyclic amines) is 1. The summed E-state index contributed by atoms with van der Waals surface area (Å²) in [6.45, 7) is 3.78. The number of carbonyl (C=O) groups is 3. The lowest BCUT2D eigenvalue weighted by atomic mass is 9.70. The first-order chi connectivity index (χ1) is 15.7. The van der Waals surface area contributed by atoms with Gasteiger partial charge >= 0.3 is 0 Å². The molecule has 3 aliphatic heterocycles. The minimum Gasteiger partial charge on any atom is -0.394 e. The van der Waals surface area contributed by atoms with E-state index in [0.717, 1.165) is 0 Å². The molecule has 7 nitrogen and oxygen atoms in total. The maximum absolute atomic E-state index is 13.9. The van der Waals surface area contributed by atoms with E-state index in [1.165, 1.54) is 0 Å². The molecule has 3 unspecified atom stereocenters. The maximum atomic E-state index is 13.9. The number of para-hydroxylation sites is 1. The SMILES string of the molecule is CNC(=O)[C@H]1[C@H]2C(=O)N([C@@H](CO)CC(C)C)C(C(=O)Nc3ccccc3Cl)C23CC(Br)[C@@H]1S3. The van der Waals surface area contributed by atoms with Gasteiger partial charge in [0, 0.05) is 17.1 Å². The van der Waals surface area contributed by atoms with Crippen LogP contribution in [-0.4, -0.2) is 68.3 Å². The fourth-order valence-corrected chi connectivity index (χ4v) is 9.59. The third kappa shape index (κ3) is 3.98. The number of hydrogen-bond acceptors (Lipinski definition) is 5. The maximum Gasteiger partial charge on any atom is 0.248 e. The van der Waals surface area contributed by atoms with Crippen LogP contribution in [0.2, 0.25) is 5.02 Å². The molecule has 3 N–H and O–H groups in total. The number of benzene rings is 1. The zero-order chi connectivity index (χ0) is 24.1. The van der Waals surface area contributed by atoms with Gasteiger partial charge in [0.1, 0.15) is 6.04 Å². The number of halogens is 2. The van der Waals surface area contributed by atoms with Crippen molar-refractivity contribution in [2.75, 3.05) is 19.0 Å². The Kier molecular flexibility index (Phi) is 7.07. The number of fused-ring (bicyclic) bond motifs is 1. The second-order valence-corrected chi connectivity index (χ2v) is 12.6. The molecule has 0 radical (unpaired) electrons. The molecule has 1 aromatic carbocycles. The largest absolute Gasteiger partial charge is 0.394 e. The van der Waals surface area contributed by atoms with Gasteiger partial charge in [0.05, 0.1) is 39.9 Å². The van der Waals surface area contributed by atoms with Crippen LogP contribution in [0, 0.1) is 17.8 Å². The van der Waals surface area contributed by atoms with Crippen molar-refractivity contribution < 1.29 is 19.5 Å². The summed E-state index contributed by atoms with van der Waals surface area (Å²) < 4.78 is -0.761. The standard InChI is InChI=1S/C23H29BrClN3O4S/c1-11(2)8-12(10-29)28-19(21(31)27-15-7-5-4-6-14(15)25)23-9-13(24)18(33-23)16(20(30)26-3)17(23)22(28)32/h4-7,11-13,16-19,29H,8-10H2,1-3H3,(H,26,30)(H,27,31)/t12-,13?,16+,17+,18+,19?,23?/m1/s1. The lowest BCUT2D eigenvalue weighted by Gasteiger charge is -2.37. The number of alkyl halides is 1. The molecular formula is C23H29BrClN3O4S. The second-order valence-electron chi connectivity index (χ2n) is 9.46. The van der Waals surface area contributed by atoms with Crippen LogP contribution >= 0.6 is 39.3 Å². The first-order valence-corrected chi connectivity index (χ1v) is 13.4. The topological polar surface area (TPSA) is 98.7 Å². The Balaban J connectivity index is 1.79. The van der Waals surface area contributed by atoms with Gasteiger partial charge in [-0.05, 0) is 30.9 Å². The summed E-state index contributed by atoms with van der Waals surface area (Å²) in [5.41, 5.74) is 0.469. The molecule has 4 rings (SSSR count). The summed E-state index contributed by atoms with van der Waals surface area (Å²) in [6, 6.07) is 5.62. The first-order valence-electron chi connectivity index (χ1n) is 11.2. The predicted octanol–water partition coefficient (Wildman–Crippen LogP) is 2.90. The molecule has 2 bridgehead atoms. The number of amides is 3. The number of nitrogens with zero attached hydrogens (tertiary/aromatic N) is 1. The van der Waals surface area contributed by atoms with Crippen LogP contribution in [0.1, 0.15) is 26.7 Å². The van der Waals surface area contributed by atoms with Gasteiger partial charge in [-0.1, -0.05) is 53.5 Å². The summed E-state index contributed by atoms with van der Waals surface area (Å²) in [6.07, 6.45) is 1.14. The van der Waals surface area contributed by atoms with Crippen LogP contribution in [0.4, 0.5) is 5.69 Å². The Labute approximate surface area is 211 Å². The monoisotopic (exact) mass is 557 g/mol. The molecule has 3 amide bonds. The Morgan fingerprint density at radius 3 is 2.64 bits per heavy atom. The number of thioether (sulfide) groups is 1. The molecule has 33 heavy (non-hydrogen) atoms. The number of nitrogens with one attached hydrogen (secondary N) is 2. The van der Waals surface area contributed by atoms with E-state index in [-0.39, 0.29) is 40.3 Å². The van der Waals surface area contributed by atoms with Crippen molar-refractivity contribution in [3.05, 3.63) is 29.3 Å². The first kappa shape index (κ1) is 24.8. The van der Waals surface area contributed by atoms with Crippen molar-refractivity contribution in [1.82, 2.24) is 10.2 Å². The number of aliphatic hydroxyl groups excluding tert-OH is 1. The van der Waals surface area contributed by atoms with E-state index in [1.54, 1.807) is 48.0 Å². The molecule has 3 saturated heterocycles. The van der Waals surface area contributed by atoms with Gasteiger partial charge in [0.2, 0.25) is 17.7 Å². The highest BCUT2D eigenvalue weighted by atomic mass is 79.9. The quantitative estimate of drug-likeness (QED) is 0.447. The molecular weight excluding hydrogens is 530 g/mol. The van der Waals surface area contributed by atoms with Gasteiger partial charge in [0.15, 0.2) is 0 Å². The Morgan fingerprint density at radius 2 is 2.03 bits per heavy atom. The van der Waals surface area contributed by atoms with E-state index in [4.69, 9.17) is 11.6 Å². The molecule has 3 aliphatic rings. The van der Waals surface area contributed by atoms with E-state index in [0.29, 0.717) is 23.6 Å².